The maximum Gasteiger partial charge on any atom is 0.326 e. The molecule has 0 bridgehead atoms. The zero-order chi connectivity index (χ0) is 18.4. The molecule has 0 radical (unpaired) electrons. The molecule has 25 heavy (non-hydrogen) atoms. The highest BCUT2D eigenvalue weighted by Gasteiger charge is 2.48. The molecule has 3 unspecified atom stereocenters. The Bertz CT molecular complexity index is 822. The maximum atomic E-state index is 13.1. The summed E-state index contributed by atoms with van der Waals surface area (Å²) in [5.41, 5.74) is 0.0436. The van der Waals surface area contributed by atoms with Crippen molar-refractivity contribution in [2.24, 2.45) is 5.92 Å². The first-order valence-corrected chi connectivity index (χ1v) is 10.5. The van der Waals surface area contributed by atoms with Gasteiger partial charge in [-0.1, -0.05) is 24.4 Å². The van der Waals surface area contributed by atoms with E-state index in [-0.39, 0.29) is 27.4 Å². The van der Waals surface area contributed by atoms with Gasteiger partial charge in [-0.2, -0.15) is 0 Å². The number of likely N-dealkylation sites (tertiary alicyclic amines) is 1. The lowest BCUT2D eigenvalue weighted by atomic mass is 9.84. The van der Waals surface area contributed by atoms with Crippen LogP contribution in [0.25, 0.3) is 0 Å². The van der Waals surface area contributed by atoms with E-state index in [1.54, 1.807) is 0 Å². The number of amides is 1. The molecular formula is C17H20ClNO5S. The standard InChI is InChI=1S/C17H20ClNO5S/c1-25(23,24)11-6-7-13(18)12(9-11)16(20)19-14-5-3-2-4-10(14)8-15(19)17(21)22/h6-7,9-10,14-15H,2-5,8H2,1H3,(H,21,22). The van der Waals surface area contributed by atoms with Gasteiger partial charge >= 0.3 is 5.97 Å². The van der Waals surface area contributed by atoms with Gasteiger partial charge in [0.15, 0.2) is 9.84 Å². The minimum atomic E-state index is -3.50. The Hall–Kier alpha value is -1.60. The van der Waals surface area contributed by atoms with E-state index in [2.05, 4.69) is 0 Å². The second-order valence-electron chi connectivity index (χ2n) is 6.83. The minimum absolute atomic E-state index is 0.00786. The summed E-state index contributed by atoms with van der Waals surface area (Å²) in [7, 11) is -3.50. The Morgan fingerprint density at radius 2 is 1.92 bits per heavy atom. The first-order valence-electron chi connectivity index (χ1n) is 8.25. The first-order chi connectivity index (χ1) is 11.7. The molecule has 2 aliphatic rings. The lowest BCUT2D eigenvalue weighted by molar-refractivity contribution is -0.141. The third-order valence-electron chi connectivity index (χ3n) is 5.20. The SMILES string of the molecule is CS(=O)(=O)c1ccc(Cl)c(C(=O)N2C(C(=O)O)CC3CCCCC32)c1. The number of halogens is 1. The fraction of sp³-hybridized carbons (Fsp3) is 0.529. The molecule has 0 aromatic heterocycles. The normalized spacial score (nSPS) is 26.3. The van der Waals surface area contributed by atoms with Crippen LogP contribution in [0, 0.1) is 5.92 Å². The molecule has 6 nitrogen and oxygen atoms in total. The van der Waals surface area contributed by atoms with E-state index >= 15 is 0 Å². The molecule has 1 aliphatic heterocycles. The van der Waals surface area contributed by atoms with Crippen molar-refractivity contribution in [3.8, 4) is 0 Å². The minimum Gasteiger partial charge on any atom is -0.480 e. The molecule has 1 saturated heterocycles. The summed E-state index contributed by atoms with van der Waals surface area (Å²) >= 11 is 6.13. The van der Waals surface area contributed by atoms with Crippen LogP contribution in [-0.2, 0) is 14.6 Å². The number of sulfone groups is 1. The number of fused-ring (bicyclic) bond motifs is 1. The van der Waals surface area contributed by atoms with Gasteiger partial charge in [0.25, 0.3) is 5.91 Å². The van der Waals surface area contributed by atoms with E-state index in [0.717, 1.165) is 31.9 Å². The molecule has 0 spiro atoms. The number of rotatable bonds is 3. The van der Waals surface area contributed by atoms with Crippen molar-refractivity contribution in [3.05, 3.63) is 28.8 Å². The van der Waals surface area contributed by atoms with Crippen LogP contribution in [-0.4, -0.2) is 48.6 Å². The number of nitrogens with zero attached hydrogens (tertiary/aromatic N) is 1. The van der Waals surface area contributed by atoms with Crippen LogP contribution in [0.1, 0.15) is 42.5 Å². The predicted octanol–water partition coefficient (Wildman–Crippen LogP) is 2.60. The first kappa shape index (κ1) is 18.2. The fourth-order valence-corrected chi connectivity index (χ4v) is 4.86. The topological polar surface area (TPSA) is 91.8 Å². The van der Waals surface area contributed by atoms with Crippen molar-refractivity contribution < 1.29 is 23.1 Å². The third-order valence-corrected chi connectivity index (χ3v) is 6.64. The van der Waals surface area contributed by atoms with Gasteiger partial charge in [0, 0.05) is 12.3 Å². The average molecular weight is 386 g/mol. The Balaban J connectivity index is 2.02. The van der Waals surface area contributed by atoms with Crippen LogP contribution < -0.4 is 0 Å². The number of benzene rings is 1. The Morgan fingerprint density at radius 3 is 2.56 bits per heavy atom. The molecule has 1 aliphatic carbocycles. The summed E-state index contributed by atoms with van der Waals surface area (Å²) < 4.78 is 23.6. The summed E-state index contributed by atoms with van der Waals surface area (Å²) in [6.45, 7) is 0. The van der Waals surface area contributed by atoms with Crippen molar-refractivity contribution in [3.63, 3.8) is 0 Å². The van der Waals surface area contributed by atoms with Crippen LogP contribution in [0.4, 0.5) is 0 Å². The lowest BCUT2D eigenvalue weighted by Crippen LogP contribution is -2.46. The quantitative estimate of drug-likeness (QED) is 0.863. The Morgan fingerprint density at radius 1 is 1.24 bits per heavy atom. The predicted molar refractivity (Wildman–Crippen MR) is 92.5 cm³/mol. The molecule has 1 amide bonds. The summed E-state index contributed by atoms with van der Waals surface area (Å²) in [5.74, 6) is -1.36. The Kier molecular flexibility index (Phi) is 4.81. The number of carbonyl (C=O) groups is 2. The van der Waals surface area contributed by atoms with Gasteiger partial charge in [0.2, 0.25) is 0 Å². The molecule has 8 heteroatoms. The third kappa shape index (κ3) is 3.40. The number of carboxylic acid groups (broad SMARTS) is 1. The van der Waals surface area contributed by atoms with Crippen LogP contribution >= 0.6 is 11.6 Å². The zero-order valence-electron chi connectivity index (χ0n) is 13.8. The molecule has 1 aromatic carbocycles. The summed E-state index contributed by atoms with van der Waals surface area (Å²) in [6, 6.07) is 2.94. The largest absolute Gasteiger partial charge is 0.480 e. The lowest BCUT2D eigenvalue weighted by Gasteiger charge is -2.33. The number of aliphatic carboxylic acids is 1. The number of hydrogen-bond donors (Lipinski definition) is 1. The van der Waals surface area contributed by atoms with Crippen molar-refractivity contribution >= 4 is 33.3 Å². The van der Waals surface area contributed by atoms with Gasteiger partial charge in [0.05, 0.1) is 15.5 Å². The van der Waals surface area contributed by atoms with Crippen LogP contribution in [0.15, 0.2) is 23.1 Å². The van der Waals surface area contributed by atoms with Gasteiger partial charge in [-0.05, 0) is 43.4 Å². The Labute approximate surface area is 151 Å². The molecule has 1 heterocycles. The van der Waals surface area contributed by atoms with Crippen molar-refractivity contribution in [1.82, 2.24) is 4.90 Å². The van der Waals surface area contributed by atoms with E-state index in [4.69, 9.17) is 11.6 Å². The second kappa shape index (κ2) is 6.61. The van der Waals surface area contributed by atoms with Gasteiger partial charge in [-0.3, -0.25) is 4.79 Å². The average Bonchev–Trinajstić information content (AvgIpc) is 2.93. The second-order valence-corrected chi connectivity index (χ2v) is 9.25. The number of hydrogen-bond acceptors (Lipinski definition) is 4. The van der Waals surface area contributed by atoms with Crippen molar-refractivity contribution in [1.29, 1.82) is 0 Å². The highest BCUT2D eigenvalue weighted by molar-refractivity contribution is 7.90. The van der Waals surface area contributed by atoms with Crippen molar-refractivity contribution in [2.75, 3.05) is 6.26 Å². The van der Waals surface area contributed by atoms with Crippen molar-refractivity contribution in [2.45, 2.75) is 49.1 Å². The van der Waals surface area contributed by atoms with Gasteiger partial charge < -0.3 is 10.0 Å². The highest BCUT2D eigenvalue weighted by Crippen LogP contribution is 2.41. The molecule has 1 saturated carbocycles. The van der Waals surface area contributed by atoms with Crippen LogP contribution in [0.2, 0.25) is 5.02 Å². The van der Waals surface area contributed by atoms with E-state index in [0.29, 0.717) is 6.42 Å². The van der Waals surface area contributed by atoms with Crippen LogP contribution in [0.3, 0.4) is 0 Å². The summed E-state index contributed by atoms with van der Waals surface area (Å²) in [5, 5.41) is 9.68. The monoisotopic (exact) mass is 385 g/mol. The van der Waals surface area contributed by atoms with E-state index in [1.165, 1.54) is 23.1 Å². The smallest absolute Gasteiger partial charge is 0.326 e. The molecule has 136 valence electrons. The summed E-state index contributed by atoms with van der Waals surface area (Å²) in [6.07, 6.45) is 5.17. The van der Waals surface area contributed by atoms with E-state index < -0.39 is 27.8 Å². The molecule has 1 aromatic rings. The highest BCUT2D eigenvalue weighted by atomic mass is 35.5. The van der Waals surface area contributed by atoms with Gasteiger partial charge in [0.1, 0.15) is 6.04 Å². The van der Waals surface area contributed by atoms with E-state index in [1.807, 2.05) is 0 Å². The fourth-order valence-electron chi connectivity index (χ4n) is 4.01. The summed E-state index contributed by atoms with van der Waals surface area (Å²) in [4.78, 5) is 26.2. The number of carboxylic acids is 1. The van der Waals surface area contributed by atoms with Crippen LogP contribution in [0.5, 0.6) is 0 Å². The van der Waals surface area contributed by atoms with Gasteiger partial charge in [-0.25, -0.2) is 13.2 Å². The number of carbonyl (C=O) groups excluding carboxylic acids is 1. The van der Waals surface area contributed by atoms with Gasteiger partial charge in [-0.15, -0.1) is 0 Å². The molecule has 3 rings (SSSR count). The molecule has 1 N–H and O–H groups in total. The molecule has 3 atom stereocenters. The molecule has 2 fully saturated rings. The van der Waals surface area contributed by atoms with E-state index in [9.17, 15) is 23.1 Å². The maximum absolute atomic E-state index is 13.1. The zero-order valence-corrected chi connectivity index (χ0v) is 15.4. The molecular weight excluding hydrogens is 366 g/mol.